The van der Waals surface area contributed by atoms with Gasteiger partial charge >= 0.3 is 0 Å². The van der Waals surface area contributed by atoms with Crippen LogP contribution in [0, 0.1) is 6.92 Å². The van der Waals surface area contributed by atoms with Gasteiger partial charge in [0.05, 0.1) is 12.8 Å². The summed E-state index contributed by atoms with van der Waals surface area (Å²) in [5, 5.41) is 4.07. The fourth-order valence-corrected chi connectivity index (χ4v) is 1.33. The highest BCUT2D eigenvalue weighted by atomic mass is 32.1. The van der Waals surface area contributed by atoms with Crippen LogP contribution < -0.4 is 15.9 Å². The summed E-state index contributed by atoms with van der Waals surface area (Å²) in [6, 6.07) is 5.94. The molecule has 0 amide bonds. The highest BCUT2D eigenvalue weighted by Gasteiger charge is 2.01. The second kappa shape index (κ2) is 6.85. The van der Waals surface area contributed by atoms with Gasteiger partial charge in [0.1, 0.15) is 5.75 Å². The predicted octanol–water partition coefficient (Wildman–Crippen LogP) is 1.95. The van der Waals surface area contributed by atoms with Gasteiger partial charge in [-0.3, -0.25) is 5.43 Å². The molecule has 92 valence electrons. The minimum Gasteiger partial charge on any atom is -0.493 e. The van der Waals surface area contributed by atoms with Crippen LogP contribution in [0.3, 0.4) is 0 Å². The third-order valence-electron chi connectivity index (χ3n) is 2.01. The molecule has 17 heavy (non-hydrogen) atoms. The van der Waals surface area contributed by atoms with E-state index in [0.717, 1.165) is 23.3 Å². The van der Waals surface area contributed by atoms with Gasteiger partial charge in [0, 0.05) is 5.56 Å². The highest BCUT2D eigenvalue weighted by Crippen LogP contribution is 2.18. The van der Waals surface area contributed by atoms with Crippen molar-refractivity contribution in [1.82, 2.24) is 5.43 Å². The second-order valence-corrected chi connectivity index (χ2v) is 4.06. The minimum atomic E-state index is 0.143. The summed E-state index contributed by atoms with van der Waals surface area (Å²) in [6.45, 7) is 4.77. The Bertz CT molecular complexity index is 418. The first kappa shape index (κ1) is 13.4. The lowest BCUT2D eigenvalue weighted by Gasteiger charge is -2.08. The standard InChI is InChI=1S/C12H17N3OS/c1-3-6-16-11-5-4-9(2)7-10(11)8-14-15-12(13)17/h4-5,7-8H,3,6H2,1-2H3,(H3,13,15,17). The lowest BCUT2D eigenvalue weighted by molar-refractivity contribution is 0.317. The molecule has 0 atom stereocenters. The van der Waals surface area contributed by atoms with E-state index in [1.165, 1.54) is 0 Å². The van der Waals surface area contributed by atoms with Crippen molar-refractivity contribution in [2.75, 3.05) is 6.61 Å². The number of hydrazone groups is 1. The number of hydrogen-bond acceptors (Lipinski definition) is 3. The second-order valence-electron chi connectivity index (χ2n) is 3.62. The van der Waals surface area contributed by atoms with E-state index in [1.807, 2.05) is 25.1 Å². The first-order valence-corrected chi connectivity index (χ1v) is 5.86. The van der Waals surface area contributed by atoms with Gasteiger partial charge in [-0.25, -0.2) is 0 Å². The van der Waals surface area contributed by atoms with Gasteiger partial charge < -0.3 is 10.5 Å². The number of nitrogens with zero attached hydrogens (tertiary/aromatic N) is 1. The number of nitrogens with two attached hydrogens (primary N) is 1. The largest absolute Gasteiger partial charge is 0.493 e. The smallest absolute Gasteiger partial charge is 0.184 e. The fraction of sp³-hybridized carbons (Fsp3) is 0.333. The van der Waals surface area contributed by atoms with Crippen LogP contribution in [0.25, 0.3) is 0 Å². The van der Waals surface area contributed by atoms with Gasteiger partial charge in [-0.15, -0.1) is 0 Å². The van der Waals surface area contributed by atoms with Crippen molar-refractivity contribution in [2.45, 2.75) is 20.3 Å². The number of ether oxygens (including phenoxy) is 1. The molecule has 1 aromatic carbocycles. The Morgan fingerprint density at radius 3 is 3.00 bits per heavy atom. The Morgan fingerprint density at radius 2 is 2.35 bits per heavy atom. The molecule has 0 aliphatic carbocycles. The molecule has 3 N–H and O–H groups in total. The molecule has 0 aliphatic heterocycles. The highest BCUT2D eigenvalue weighted by molar-refractivity contribution is 7.80. The number of aryl methyl sites for hydroxylation is 1. The predicted molar refractivity (Wildman–Crippen MR) is 74.5 cm³/mol. The van der Waals surface area contributed by atoms with E-state index in [4.69, 9.17) is 10.5 Å². The summed E-state index contributed by atoms with van der Waals surface area (Å²) >= 11 is 4.66. The maximum absolute atomic E-state index is 5.62. The zero-order chi connectivity index (χ0) is 12.7. The molecule has 0 radical (unpaired) electrons. The molecule has 0 heterocycles. The van der Waals surface area contributed by atoms with Gasteiger partial charge in [-0.2, -0.15) is 5.10 Å². The maximum Gasteiger partial charge on any atom is 0.184 e. The lowest BCUT2D eigenvalue weighted by Crippen LogP contribution is -2.24. The van der Waals surface area contributed by atoms with E-state index in [1.54, 1.807) is 6.21 Å². The molecule has 0 aromatic heterocycles. The molecule has 0 spiro atoms. The molecule has 0 saturated carbocycles. The number of hydrogen-bond donors (Lipinski definition) is 2. The molecule has 1 aromatic rings. The molecule has 4 nitrogen and oxygen atoms in total. The topological polar surface area (TPSA) is 59.6 Å². The normalized spacial score (nSPS) is 10.5. The van der Waals surface area contributed by atoms with Gasteiger partial charge in [0.25, 0.3) is 0 Å². The number of nitrogens with one attached hydrogen (secondary N) is 1. The number of rotatable bonds is 5. The van der Waals surface area contributed by atoms with Crippen LogP contribution in [0.4, 0.5) is 0 Å². The number of thiocarbonyl (C=S) groups is 1. The van der Waals surface area contributed by atoms with E-state index in [0.29, 0.717) is 6.61 Å². The Labute approximate surface area is 107 Å². The van der Waals surface area contributed by atoms with Gasteiger partial charge in [0.2, 0.25) is 0 Å². The van der Waals surface area contributed by atoms with Crippen molar-refractivity contribution in [3.8, 4) is 5.75 Å². The molecule has 0 fully saturated rings. The molecular weight excluding hydrogens is 234 g/mol. The van der Waals surface area contributed by atoms with E-state index in [2.05, 4.69) is 29.7 Å². The van der Waals surface area contributed by atoms with Crippen molar-refractivity contribution in [3.63, 3.8) is 0 Å². The third-order valence-corrected chi connectivity index (χ3v) is 2.10. The van der Waals surface area contributed by atoms with E-state index in [-0.39, 0.29) is 5.11 Å². The molecule has 0 unspecified atom stereocenters. The van der Waals surface area contributed by atoms with E-state index < -0.39 is 0 Å². The average Bonchev–Trinajstić information content (AvgIpc) is 2.27. The molecular formula is C12H17N3OS. The van der Waals surface area contributed by atoms with E-state index in [9.17, 15) is 0 Å². The summed E-state index contributed by atoms with van der Waals surface area (Å²) < 4.78 is 5.62. The summed E-state index contributed by atoms with van der Waals surface area (Å²) in [5.41, 5.74) is 9.85. The lowest BCUT2D eigenvalue weighted by atomic mass is 10.1. The Kier molecular flexibility index (Phi) is 5.42. The van der Waals surface area contributed by atoms with Crippen LogP contribution in [0.1, 0.15) is 24.5 Å². The zero-order valence-electron chi connectivity index (χ0n) is 10.1. The van der Waals surface area contributed by atoms with Gasteiger partial charge in [-0.1, -0.05) is 18.6 Å². The van der Waals surface area contributed by atoms with Crippen LogP contribution in [0.15, 0.2) is 23.3 Å². The van der Waals surface area contributed by atoms with Crippen LogP contribution in [-0.2, 0) is 0 Å². The van der Waals surface area contributed by atoms with Gasteiger partial charge in [-0.05, 0) is 37.7 Å². The van der Waals surface area contributed by atoms with Crippen molar-refractivity contribution in [1.29, 1.82) is 0 Å². The van der Waals surface area contributed by atoms with Crippen LogP contribution in [-0.4, -0.2) is 17.9 Å². The summed E-state index contributed by atoms with van der Waals surface area (Å²) in [7, 11) is 0. The summed E-state index contributed by atoms with van der Waals surface area (Å²) in [4.78, 5) is 0. The summed E-state index contributed by atoms with van der Waals surface area (Å²) in [5.74, 6) is 0.811. The molecule has 0 bridgehead atoms. The average molecular weight is 251 g/mol. The third kappa shape index (κ3) is 4.82. The van der Waals surface area contributed by atoms with Crippen molar-refractivity contribution >= 4 is 23.5 Å². The van der Waals surface area contributed by atoms with Crippen LogP contribution in [0.5, 0.6) is 5.75 Å². The maximum atomic E-state index is 5.62. The van der Waals surface area contributed by atoms with E-state index >= 15 is 0 Å². The molecule has 1 rings (SSSR count). The van der Waals surface area contributed by atoms with Crippen molar-refractivity contribution < 1.29 is 4.74 Å². The molecule has 0 saturated heterocycles. The minimum absolute atomic E-state index is 0.143. The van der Waals surface area contributed by atoms with Crippen molar-refractivity contribution in [2.24, 2.45) is 10.8 Å². The molecule has 5 heteroatoms. The van der Waals surface area contributed by atoms with Crippen molar-refractivity contribution in [3.05, 3.63) is 29.3 Å². The first-order valence-electron chi connectivity index (χ1n) is 5.45. The number of benzene rings is 1. The zero-order valence-corrected chi connectivity index (χ0v) is 10.9. The molecule has 0 aliphatic rings. The Hall–Kier alpha value is -1.62. The monoisotopic (exact) mass is 251 g/mol. The summed E-state index contributed by atoms with van der Waals surface area (Å²) in [6.07, 6.45) is 2.62. The van der Waals surface area contributed by atoms with Crippen LogP contribution >= 0.6 is 12.2 Å². The van der Waals surface area contributed by atoms with Crippen LogP contribution in [0.2, 0.25) is 0 Å². The SMILES string of the molecule is CCCOc1ccc(C)cc1C=NNC(N)=S. The Balaban J connectivity index is 2.82. The Morgan fingerprint density at radius 1 is 1.59 bits per heavy atom. The fourth-order valence-electron chi connectivity index (χ4n) is 1.28. The quantitative estimate of drug-likeness (QED) is 0.477. The first-order chi connectivity index (χ1) is 8.13. The van der Waals surface area contributed by atoms with Gasteiger partial charge in [0.15, 0.2) is 5.11 Å².